The molecule has 2 aromatic carbocycles. The highest BCUT2D eigenvalue weighted by atomic mass is 32.2. The second kappa shape index (κ2) is 10.8. The third kappa shape index (κ3) is 6.71. The fourth-order valence-electron chi connectivity index (χ4n) is 2.82. The predicted molar refractivity (Wildman–Crippen MR) is 114 cm³/mol. The minimum Gasteiger partial charge on any atom is -0.497 e. The highest BCUT2D eigenvalue weighted by Gasteiger charge is 2.16. The number of hydrogen-bond acceptors (Lipinski definition) is 6. The molecule has 29 heavy (non-hydrogen) atoms. The van der Waals surface area contributed by atoms with Gasteiger partial charge in [-0.1, -0.05) is 17.7 Å². The highest BCUT2D eigenvalue weighted by Crippen LogP contribution is 2.29. The first-order chi connectivity index (χ1) is 13.8. The second-order valence-electron chi connectivity index (χ2n) is 6.62. The molecule has 0 saturated carbocycles. The van der Waals surface area contributed by atoms with Crippen LogP contribution in [0.15, 0.2) is 41.3 Å². The van der Waals surface area contributed by atoms with Gasteiger partial charge >= 0.3 is 5.97 Å². The molecule has 156 valence electrons. The Hall–Kier alpha value is -2.67. The van der Waals surface area contributed by atoms with Crippen LogP contribution in [0.2, 0.25) is 0 Å². The van der Waals surface area contributed by atoms with Gasteiger partial charge in [0.25, 0.3) is 5.91 Å². The van der Waals surface area contributed by atoms with Crippen molar-refractivity contribution in [1.29, 1.82) is 0 Å². The molecular formula is C22H27NO5S. The average molecular weight is 418 g/mol. The zero-order chi connectivity index (χ0) is 21.4. The van der Waals surface area contributed by atoms with Crippen LogP contribution in [0.3, 0.4) is 0 Å². The van der Waals surface area contributed by atoms with Crippen LogP contribution >= 0.6 is 11.8 Å². The number of carbonyl (C=O) groups is 2. The van der Waals surface area contributed by atoms with E-state index in [9.17, 15) is 9.59 Å². The fourth-order valence-corrected chi connectivity index (χ4v) is 3.63. The van der Waals surface area contributed by atoms with Gasteiger partial charge in [0.05, 0.1) is 26.0 Å². The van der Waals surface area contributed by atoms with Crippen molar-refractivity contribution in [2.45, 2.75) is 31.7 Å². The number of esters is 1. The zero-order valence-electron chi connectivity index (χ0n) is 17.4. The van der Waals surface area contributed by atoms with Crippen LogP contribution in [0.5, 0.6) is 11.5 Å². The molecule has 0 bridgehead atoms. The number of carbonyl (C=O) groups excluding carboxylic acids is 2. The van der Waals surface area contributed by atoms with Crippen LogP contribution in [-0.2, 0) is 14.3 Å². The molecule has 0 unspecified atom stereocenters. The number of benzene rings is 2. The Morgan fingerprint density at radius 1 is 1.07 bits per heavy atom. The van der Waals surface area contributed by atoms with Crippen molar-refractivity contribution in [3.8, 4) is 11.5 Å². The van der Waals surface area contributed by atoms with E-state index < -0.39 is 5.97 Å². The molecule has 2 rings (SSSR count). The summed E-state index contributed by atoms with van der Waals surface area (Å²) in [6, 6.07) is 11.1. The third-order valence-electron chi connectivity index (χ3n) is 4.32. The minimum absolute atomic E-state index is 0.149. The number of nitrogens with one attached hydrogen (secondary N) is 1. The van der Waals surface area contributed by atoms with Crippen molar-refractivity contribution in [2.24, 2.45) is 0 Å². The van der Waals surface area contributed by atoms with Crippen LogP contribution in [0.1, 0.15) is 29.7 Å². The first kappa shape index (κ1) is 22.6. The largest absolute Gasteiger partial charge is 0.497 e. The topological polar surface area (TPSA) is 73.9 Å². The quantitative estimate of drug-likeness (QED) is 0.494. The standard InChI is InChI=1S/C22H27NO5S/c1-14-6-9-20(15(2)10-14)29-13-22(25)28-12-21(24)23-16(3)18-11-17(26-4)7-8-19(18)27-5/h6-11,16H,12-13H2,1-5H3,(H,23,24)/t16-/m1/s1. The Kier molecular flexibility index (Phi) is 8.39. The Morgan fingerprint density at radius 3 is 2.48 bits per heavy atom. The molecular weight excluding hydrogens is 390 g/mol. The van der Waals surface area contributed by atoms with Crippen LogP contribution in [-0.4, -0.2) is 38.5 Å². The number of aryl methyl sites for hydroxylation is 2. The Balaban J connectivity index is 1.83. The van der Waals surface area contributed by atoms with Gasteiger partial charge in [-0.2, -0.15) is 0 Å². The summed E-state index contributed by atoms with van der Waals surface area (Å²) >= 11 is 1.40. The molecule has 0 aliphatic heterocycles. The third-order valence-corrected chi connectivity index (χ3v) is 5.47. The first-order valence-electron chi connectivity index (χ1n) is 9.21. The van der Waals surface area contributed by atoms with Crippen molar-refractivity contribution in [1.82, 2.24) is 5.32 Å². The molecule has 0 fully saturated rings. The van der Waals surface area contributed by atoms with E-state index in [1.807, 2.05) is 32.9 Å². The number of amides is 1. The van der Waals surface area contributed by atoms with Crippen molar-refractivity contribution in [3.63, 3.8) is 0 Å². The second-order valence-corrected chi connectivity index (χ2v) is 7.63. The van der Waals surface area contributed by atoms with Gasteiger partial charge in [0.15, 0.2) is 6.61 Å². The molecule has 6 nitrogen and oxygen atoms in total. The SMILES string of the molecule is COc1ccc(OC)c([C@@H](C)NC(=O)COC(=O)CSc2ccc(C)cc2C)c1. The van der Waals surface area contributed by atoms with Crippen LogP contribution in [0.25, 0.3) is 0 Å². The zero-order valence-corrected chi connectivity index (χ0v) is 18.2. The molecule has 0 aromatic heterocycles. The van der Waals surface area contributed by atoms with Crippen molar-refractivity contribution >= 4 is 23.6 Å². The summed E-state index contributed by atoms with van der Waals surface area (Å²) in [4.78, 5) is 25.2. The number of thioether (sulfide) groups is 1. The summed E-state index contributed by atoms with van der Waals surface area (Å²) < 4.78 is 15.7. The molecule has 0 radical (unpaired) electrons. The number of ether oxygens (including phenoxy) is 3. The van der Waals surface area contributed by atoms with Gasteiger partial charge in [0, 0.05) is 10.5 Å². The summed E-state index contributed by atoms with van der Waals surface area (Å²) in [5.74, 6) is 0.636. The predicted octanol–water partition coefficient (Wildman–Crippen LogP) is 3.83. The minimum atomic E-state index is -0.434. The molecule has 7 heteroatoms. The average Bonchev–Trinajstić information content (AvgIpc) is 2.71. The summed E-state index contributed by atoms with van der Waals surface area (Å²) in [7, 11) is 3.14. The summed E-state index contributed by atoms with van der Waals surface area (Å²) in [6.07, 6.45) is 0. The molecule has 0 aliphatic carbocycles. The van der Waals surface area contributed by atoms with Gasteiger partial charge in [-0.05, 0) is 50.6 Å². The number of rotatable bonds is 9. The normalized spacial score (nSPS) is 11.5. The lowest BCUT2D eigenvalue weighted by atomic mass is 10.1. The van der Waals surface area contributed by atoms with E-state index in [0.717, 1.165) is 16.0 Å². The fraction of sp³-hybridized carbons (Fsp3) is 0.364. The van der Waals surface area contributed by atoms with E-state index >= 15 is 0 Å². The summed E-state index contributed by atoms with van der Waals surface area (Å²) in [5, 5.41) is 2.81. The lowest BCUT2D eigenvalue weighted by molar-refractivity contribution is -0.146. The van der Waals surface area contributed by atoms with Crippen molar-refractivity contribution in [3.05, 3.63) is 53.1 Å². The molecule has 1 atom stereocenters. The number of methoxy groups -OCH3 is 2. The maximum absolute atomic E-state index is 12.2. The maximum Gasteiger partial charge on any atom is 0.316 e. The van der Waals surface area contributed by atoms with Crippen LogP contribution < -0.4 is 14.8 Å². The first-order valence-corrected chi connectivity index (χ1v) is 10.2. The van der Waals surface area contributed by atoms with E-state index in [1.54, 1.807) is 32.4 Å². The van der Waals surface area contributed by atoms with E-state index in [1.165, 1.54) is 17.3 Å². The summed E-state index contributed by atoms with van der Waals surface area (Å²) in [5.41, 5.74) is 3.06. The van der Waals surface area contributed by atoms with E-state index in [-0.39, 0.29) is 24.3 Å². The van der Waals surface area contributed by atoms with Gasteiger partial charge in [-0.3, -0.25) is 9.59 Å². The van der Waals surface area contributed by atoms with Crippen molar-refractivity contribution < 1.29 is 23.8 Å². The van der Waals surface area contributed by atoms with Gasteiger partial charge < -0.3 is 19.5 Å². The lowest BCUT2D eigenvalue weighted by Crippen LogP contribution is -2.31. The molecule has 0 aliphatic rings. The van der Waals surface area contributed by atoms with E-state index in [0.29, 0.717) is 11.5 Å². The lowest BCUT2D eigenvalue weighted by Gasteiger charge is -2.18. The van der Waals surface area contributed by atoms with Crippen molar-refractivity contribution in [2.75, 3.05) is 26.6 Å². The van der Waals surface area contributed by atoms with Crippen LogP contribution in [0, 0.1) is 13.8 Å². The van der Waals surface area contributed by atoms with E-state index in [2.05, 4.69) is 11.4 Å². The monoisotopic (exact) mass is 417 g/mol. The smallest absolute Gasteiger partial charge is 0.316 e. The molecule has 1 amide bonds. The molecule has 1 N–H and O–H groups in total. The molecule has 0 saturated heterocycles. The Bertz CT molecular complexity index is 868. The Labute approximate surface area is 175 Å². The van der Waals surface area contributed by atoms with Gasteiger partial charge in [0.1, 0.15) is 11.5 Å². The highest BCUT2D eigenvalue weighted by molar-refractivity contribution is 8.00. The molecule has 0 heterocycles. The van der Waals surface area contributed by atoms with Crippen LogP contribution in [0.4, 0.5) is 0 Å². The van der Waals surface area contributed by atoms with Gasteiger partial charge in [-0.15, -0.1) is 11.8 Å². The van der Waals surface area contributed by atoms with E-state index in [4.69, 9.17) is 14.2 Å². The molecule has 2 aromatic rings. The van der Waals surface area contributed by atoms with Gasteiger partial charge in [-0.25, -0.2) is 0 Å². The molecule has 0 spiro atoms. The maximum atomic E-state index is 12.2. The Morgan fingerprint density at radius 2 is 1.83 bits per heavy atom. The van der Waals surface area contributed by atoms with Gasteiger partial charge in [0.2, 0.25) is 0 Å². The number of hydrogen-bond donors (Lipinski definition) is 1. The summed E-state index contributed by atoms with van der Waals surface area (Å²) in [6.45, 7) is 5.52.